The second kappa shape index (κ2) is 6.06. The Morgan fingerprint density at radius 2 is 2.10 bits per heavy atom. The van der Waals surface area contributed by atoms with E-state index in [9.17, 15) is 9.18 Å². The standard InChI is InChI=1S/C14H13BrClFN2O/c1-7(2)3-11-12(15)14(20)19-13(18-11)8-4-9(16)6-10(17)5-8/h4-7H,3H2,1-2H3,(H,18,19,20). The number of H-pyrrole nitrogens is 1. The molecule has 106 valence electrons. The van der Waals surface area contributed by atoms with E-state index in [-0.39, 0.29) is 10.6 Å². The first-order valence-electron chi connectivity index (χ1n) is 6.12. The lowest BCUT2D eigenvalue weighted by Gasteiger charge is -2.09. The number of aromatic nitrogens is 2. The fraction of sp³-hybridized carbons (Fsp3) is 0.286. The molecule has 0 aliphatic carbocycles. The van der Waals surface area contributed by atoms with Crippen molar-refractivity contribution in [2.75, 3.05) is 0 Å². The van der Waals surface area contributed by atoms with Gasteiger partial charge in [0.05, 0.1) is 5.69 Å². The van der Waals surface area contributed by atoms with Gasteiger partial charge in [-0.05, 0) is 46.5 Å². The van der Waals surface area contributed by atoms with Crippen LogP contribution in [0.4, 0.5) is 4.39 Å². The van der Waals surface area contributed by atoms with Crippen molar-refractivity contribution in [2.45, 2.75) is 20.3 Å². The highest BCUT2D eigenvalue weighted by molar-refractivity contribution is 9.10. The van der Waals surface area contributed by atoms with Crippen LogP contribution in [0.25, 0.3) is 11.4 Å². The van der Waals surface area contributed by atoms with Crippen molar-refractivity contribution in [3.05, 3.63) is 49.6 Å². The Morgan fingerprint density at radius 3 is 2.70 bits per heavy atom. The van der Waals surface area contributed by atoms with Crippen molar-refractivity contribution in [3.8, 4) is 11.4 Å². The van der Waals surface area contributed by atoms with E-state index in [0.29, 0.717) is 33.9 Å². The summed E-state index contributed by atoms with van der Waals surface area (Å²) in [6.45, 7) is 4.07. The molecule has 1 heterocycles. The highest BCUT2D eigenvalue weighted by Gasteiger charge is 2.12. The molecule has 0 saturated carbocycles. The topological polar surface area (TPSA) is 45.8 Å². The lowest BCUT2D eigenvalue weighted by Crippen LogP contribution is -2.15. The van der Waals surface area contributed by atoms with E-state index in [2.05, 4.69) is 25.9 Å². The fourth-order valence-electron chi connectivity index (χ4n) is 1.85. The lowest BCUT2D eigenvalue weighted by molar-refractivity contribution is 0.626. The summed E-state index contributed by atoms with van der Waals surface area (Å²) >= 11 is 9.06. The molecule has 0 radical (unpaired) electrons. The number of hydrogen-bond donors (Lipinski definition) is 1. The van der Waals surface area contributed by atoms with E-state index < -0.39 is 5.82 Å². The maximum Gasteiger partial charge on any atom is 0.265 e. The van der Waals surface area contributed by atoms with Crippen LogP contribution >= 0.6 is 27.5 Å². The van der Waals surface area contributed by atoms with Crippen LogP contribution in [0.5, 0.6) is 0 Å². The van der Waals surface area contributed by atoms with E-state index >= 15 is 0 Å². The normalized spacial score (nSPS) is 11.1. The molecule has 0 amide bonds. The predicted octanol–water partition coefficient (Wildman–Crippen LogP) is 4.19. The largest absolute Gasteiger partial charge is 0.306 e. The zero-order valence-electron chi connectivity index (χ0n) is 11.0. The summed E-state index contributed by atoms with van der Waals surface area (Å²) in [5, 5.41) is 0.260. The van der Waals surface area contributed by atoms with Gasteiger partial charge in [0, 0.05) is 10.6 Å². The van der Waals surface area contributed by atoms with E-state index in [1.807, 2.05) is 13.8 Å². The molecule has 1 N–H and O–H groups in total. The van der Waals surface area contributed by atoms with Crippen LogP contribution in [-0.2, 0) is 6.42 Å². The summed E-state index contributed by atoms with van der Waals surface area (Å²) in [5.74, 6) is 0.197. The van der Waals surface area contributed by atoms with E-state index in [1.54, 1.807) is 6.07 Å². The highest BCUT2D eigenvalue weighted by Crippen LogP contribution is 2.23. The molecule has 0 spiro atoms. The Morgan fingerprint density at radius 1 is 1.40 bits per heavy atom. The van der Waals surface area contributed by atoms with Crippen molar-refractivity contribution in [1.82, 2.24) is 9.97 Å². The van der Waals surface area contributed by atoms with Crippen LogP contribution in [-0.4, -0.2) is 9.97 Å². The number of hydrogen-bond acceptors (Lipinski definition) is 2. The van der Waals surface area contributed by atoms with Crippen LogP contribution < -0.4 is 5.56 Å². The second-order valence-electron chi connectivity index (χ2n) is 4.93. The lowest BCUT2D eigenvalue weighted by atomic mass is 10.1. The third-order valence-corrected chi connectivity index (χ3v) is 3.71. The van der Waals surface area contributed by atoms with Gasteiger partial charge in [-0.15, -0.1) is 0 Å². The van der Waals surface area contributed by atoms with E-state index in [1.165, 1.54) is 12.1 Å². The quantitative estimate of drug-likeness (QED) is 0.893. The Balaban J connectivity index is 2.57. The van der Waals surface area contributed by atoms with Gasteiger partial charge in [0.25, 0.3) is 5.56 Å². The molecule has 3 nitrogen and oxygen atoms in total. The van der Waals surface area contributed by atoms with Crippen LogP contribution in [0.3, 0.4) is 0 Å². The summed E-state index contributed by atoms with van der Waals surface area (Å²) in [4.78, 5) is 18.9. The average Bonchev–Trinajstić information content (AvgIpc) is 2.32. The molecule has 2 aromatic rings. The van der Waals surface area contributed by atoms with Gasteiger partial charge in [-0.1, -0.05) is 25.4 Å². The second-order valence-corrected chi connectivity index (χ2v) is 6.16. The first kappa shape index (κ1) is 15.2. The zero-order valence-corrected chi connectivity index (χ0v) is 13.3. The molecule has 6 heteroatoms. The molecule has 0 fully saturated rings. The molecule has 0 aliphatic heterocycles. The van der Waals surface area contributed by atoms with Crippen LogP contribution in [0.1, 0.15) is 19.5 Å². The molecule has 1 aromatic heterocycles. The van der Waals surface area contributed by atoms with Gasteiger partial charge in [-0.2, -0.15) is 0 Å². The first-order chi connectivity index (χ1) is 9.36. The molecular weight excluding hydrogens is 347 g/mol. The van der Waals surface area contributed by atoms with Gasteiger partial charge in [0.2, 0.25) is 0 Å². The minimum atomic E-state index is -0.469. The Hall–Kier alpha value is -1.20. The summed E-state index contributed by atoms with van der Waals surface area (Å²) in [5.41, 5.74) is 0.815. The summed E-state index contributed by atoms with van der Waals surface area (Å²) in [6.07, 6.45) is 0.653. The minimum Gasteiger partial charge on any atom is -0.306 e. The monoisotopic (exact) mass is 358 g/mol. The van der Waals surface area contributed by atoms with Crippen molar-refractivity contribution in [3.63, 3.8) is 0 Å². The number of halogens is 3. The van der Waals surface area contributed by atoms with Gasteiger partial charge < -0.3 is 4.98 Å². The van der Waals surface area contributed by atoms with Gasteiger partial charge in [-0.3, -0.25) is 4.79 Å². The van der Waals surface area contributed by atoms with E-state index in [0.717, 1.165) is 0 Å². The number of benzene rings is 1. The van der Waals surface area contributed by atoms with Crippen LogP contribution in [0.2, 0.25) is 5.02 Å². The summed E-state index contributed by atoms with van der Waals surface area (Å²) in [6, 6.07) is 4.06. The van der Waals surface area contributed by atoms with Gasteiger partial charge in [0.1, 0.15) is 16.1 Å². The number of nitrogens with one attached hydrogen (secondary N) is 1. The minimum absolute atomic E-state index is 0.260. The Bertz CT molecular complexity index is 680. The van der Waals surface area contributed by atoms with Crippen molar-refractivity contribution in [1.29, 1.82) is 0 Å². The third kappa shape index (κ3) is 3.46. The number of nitrogens with zero attached hydrogens (tertiary/aromatic N) is 1. The van der Waals surface area contributed by atoms with Crippen molar-refractivity contribution >= 4 is 27.5 Å². The average molecular weight is 360 g/mol. The van der Waals surface area contributed by atoms with Crippen LogP contribution in [0.15, 0.2) is 27.5 Å². The molecule has 20 heavy (non-hydrogen) atoms. The fourth-order valence-corrected chi connectivity index (χ4v) is 2.43. The molecule has 0 aliphatic rings. The Labute approximate surface area is 129 Å². The predicted molar refractivity (Wildman–Crippen MR) is 81.5 cm³/mol. The summed E-state index contributed by atoms with van der Waals surface area (Å²) < 4.78 is 13.8. The maximum atomic E-state index is 13.4. The summed E-state index contributed by atoms with van der Waals surface area (Å²) in [7, 11) is 0. The molecule has 1 aromatic carbocycles. The van der Waals surface area contributed by atoms with Crippen molar-refractivity contribution in [2.24, 2.45) is 5.92 Å². The molecule has 0 bridgehead atoms. The molecular formula is C14H13BrClFN2O. The number of rotatable bonds is 3. The smallest absolute Gasteiger partial charge is 0.265 e. The molecule has 0 unspecified atom stereocenters. The van der Waals surface area contributed by atoms with Crippen molar-refractivity contribution < 1.29 is 4.39 Å². The van der Waals surface area contributed by atoms with Crippen LogP contribution in [0, 0.1) is 11.7 Å². The molecule has 0 saturated heterocycles. The van der Waals surface area contributed by atoms with Gasteiger partial charge in [-0.25, -0.2) is 9.37 Å². The third-order valence-electron chi connectivity index (χ3n) is 2.67. The Kier molecular flexibility index (Phi) is 4.60. The van der Waals surface area contributed by atoms with E-state index in [4.69, 9.17) is 11.6 Å². The maximum absolute atomic E-state index is 13.4. The van der Waals surface area contributed by atoms with Gasteiger partial charge in [0.15, 0.2) is 0 Å². The molecule has 2 rings (SSSR count). The highest BCUT2D eigenvalue weighted by atomic mass is 79.9. The zero-order chi connectivity index (χ0) is 14.9. The molecule has 0 atom stereocenters. The van der Waals surface area contributed by atoms with Gasteiger partial charge >= 0.3 is 0 Å². The SMILES string of the molecule is CC(C)Cc1nc(-c2cc(F)cc(Cl)c2)[nH]c(=O)c1Br. The number of aromatic amines is 1. The first-order valence-corrected chi connectivity index (χ1v) is 7.29.